The van der Waals surface area contributed by atoms with E-state index in [1.165, 1.54) is 11.3 Å². The molecule has 2 aromatic heterocycles. The highest BCUT2D eigenvalue weighted by molar-refractivity contribution is 7.20. The van der Waals surface area contributed by atoms with Gasteiger partial charge < -0.3 is 14.5 Å². The molecule has 9 heteroatoms. The highest BCUT2D eigenvalue weighted by Gasteiger charge is 2.34. The number of ether oxygens (including phenoxy) is 1. The first kappa shape index (κ1) is 18.8. The lowest BCUT2D eigenvalue weighted by atomic mass is 10.0. The zero-order valence-electron chi connectivity index (χ0n) is 16.0. The van der Waals surface area contributed by atoms with Crippen LogP contribution in [0.1, 0.15) is 19.3 Å². The summed E-state index contributed by atoms with van der Waals surface area (Å²) in [5.41, 5.74) is 1.87. The van der Waals surface area contributed by atoms with Crippen LogP contribution in [0, 0.1) is 0 Å². The van der Waals surface area contributed by atoms with Gasteiger partial charge in [-0.1, -0.05) is 35.1 Å². The fourth-order valence-electron chi connectivity index (χ4n) is 3.98. The number of hydrogen-bond acceptors (Lipinski definition) is 6. The number of aromatic nitrogens is 3. The Balaban J connectivity index is 1.40. The quantitative estimate of drug-likeness (QED) is 0.636. The molecule has 1 unspecified atom stereocenters. The molecule has 1 aromatic carbocycles. The second-order valence-corrected chi connectivity index (χ2v) is 8.76. The maximum atomic E-state index is 13.1. The number of anilines is 1. The van der Waals surface area contributed by atoms with Crippen LogP contribution in [0.3, 0.4) is 0 Å². The van der Waals surface area contributed by atoms with Crippen LogP contribution in [-0.2, 0) is 9.53 Å². The third-order valence-corrected chi connectivity index (χ3v) is 6.74. The van der Waals surface area contributed by atoms with Crippen molar-refractivity contribution in [3.8, 4) is 11.3 Å². The molecule has 29 heavy (non-hydrogen) atoms. The number of benzene rings is 1. The van der Waals surface area contributed by atoms with Crippen molar-refractivity contribution >= 4 is 38.9 Å². The summed E-state index contributed by atoms with van der Waals surface area (Å²) < 4.78 is 7.21. The molecule has 4 heterocycles. The van der Waals surface area contributed by atoms with Gasteiger partial charge in [0.05, 0.1) is 25.1 Å². The van der Waals surface area contributed by atoms with Crippen molar-refractivity contribution in [2.75, 3.05) is 37.7 Å². The van der Waals surface area contributed by atoms with E-state index in [0.717, 1.165) is 47.2 Å². The summed E-state index contributed by atoms with van der Waals surface area (Å²) in [5, 5.41) is 6.32. The van der Waals surface area contributed by atoms with Crippen LogP contribution in [0.4, 0.5) is 5.13 Å². The number of carbonyl (C=O) groups is 1. The van der Waals surface area contributed by atoms with Crippen LogP contribution in [0.5, 0.6) is 0 Å². The van der Waals surface area contributed by atoms with Gasteiger partial charge in [0.2, 0.25) is 16.0 Å². The van der Waals surface area contributed by atoms with E-state index in [1.807, 2.05) is 39.9 Å². The average molecular weight is 432 g/mol. The number of amides is 1. The molecule has 5 rings (SSSR count). The second-order valence-electron chi connectivity index (χ2n) is 7.39. The van der Waals surface area contributed by atoms with Crippen LogP contribution in [0.2, 0.25) is 5.02 Å². The highest BCUT2D eigenvalue weighted by atomic mass is 35.5. The highest BCUT2D eigenvalue weighted by Crippen LogP contribution is 2.31. The number of halogens is 1. The van der Waals surface area contributed by atoms with Crippen molar-refractivity contribution < 1.29 is 9.53 Å². The van der Waals surface area contributed by atoms with Crippen molar-refractivity contribution in [2.45, 2.75) is 25.3 Å². The Morgan fingerprint density at radius 3 is 2.69 bits per heavy atom. The summed E-state index contributed by atoms with van der Waals surface area (Å²) in [6.45, 7) is 3.44. The molecule has 3 aromatic rings. The van der Waals surface area contributed by atoms with Gasteiger partial charge in [-0.2, -0.15) is 0 Å². The van der Waals surface area contributed by atoms with Gasteiger partial charge in [-0.25, -0.2) is 9.50 Å². The fraction of sp³-hybridized carbons (Fsp3) is 0.450. The Labute approximate surface area is 177 Å². The maximum absolute atomic E-state index is 13.1. The van der Waals surface area contributed by atoms with Crippen LogP contribution in [0.15, 0.2) is 30.5 Å². The SMILES string of the molecule is O=C(C1CCCCN1c1nn2cc(-c3ccc(Cl)cc3)nc2s1)N1CCOCC1. The Morgan fingerprint density at radius 1 is 1.14 bits per heavy atom. The van der Waals surface area contributed by atoms with E-state index >= 15 is 0 Å². The molecule has 0 radical (unpaired) electrons. The molecule has 0 spiro atoms. The van der Waals surface area contributed by atoms with Gasteiger partial charge in [0.1, 0.15) is 6.04 Å². The van der Waals surface area contributed by atoms with E-state index in [0.29, 0.717) is 31.3 Å². The van der Waals surface area contributed by atoms with E-state index in [9.17, 15) is 4.79 Å². The fourth-order valence-corrected chi connectivity index (χ4v) is 5.06. The molecule has 0 saturated carbocycles. The number of nitrogens with zero attached hydrogens (tertiary/aromatic N) is 5. The van der Waals surface area contributed by atoms with Crippen molar-refractivity contribution in [2.24, 2.45) is 0 Å². The first-order chi connectivity index (χ1) is 14.2. The topological polar surface area (TPSA) is 63.0 Å². The number of fused-ring (bicyclic) bond motifs is 1. The Hall–Kier alpha value is -2.16. The predicted molar refractivity (Wildman–Crippen MR) is 114 cm³/mol. The van der Waals surface area contributed by atoms with Crippen molar-refractivity contribution in [3.05, 3.63) is 35.5 Å². The number of imidazole rings is 1. The molecular weight excluding hydrogens is 410 g/mol. The van der Waals surface area contributed by atoms with Crippen LogP contribution < -0.4 is 4.90 Å². The van der Waals surface area contributed by atoms with Crippen molar-refractivity contribution in [1.29, 1.82) is 0 Å². The summed E-state index contributed by atoms with van der Waals surface area (Å²) in [6.07, 6.45) is 4.95. The third kappa shape index (κ3) is 3.72. The van der Waals surface area contributed by atoms with Gasteiger partial charge in [0.15, 0.2) is 0 Å². The largest absolute Gasteiger partial charge is 0.378 e. The zero-order valence-corrected chi connectivity index (χ0v) is 17.5. The summed E-state index contributed by atoms with van der Waals surface area (Å²) in [7, 11) is 0. The Bertz CT molecular complexity index is 980. The smallest absolute Gasteiger partial charge is 0.245 e. The second kappa shape index (κ2) is 7.93. The minimum atomic E-state index is -0.145. The Morgan fingerprint density at radius 2 is 1.93 bits per heavy atom. The lowest BCUT2D eigenvalue weighted by molar-refractivity contribution is -0.137. The molecule has 0 aliphatic carbocycles. The van der Waals surface area contributed by atoms with E-state index in [-0.39, 0.29) is 11.9 Å². The van der Waals surface area contributed by atoms with Crippen LogP contribution >= 0.6 is 22.9 Å². The molecule has 2 aliphatic rings. The van der Waals surface area contributed by atoms with E-state index < -0.39 is 0 Å². The minimum Gasteiger partial charge on any atom is -0.378 e. The predicted octanol–water partition coefficient (Wildman–Crippen LogP) is 3.33. The molecule has 2 aliphatic heterocycles. The summed E-state index contributed by atoms with van der Waals surface area (Å²) >= 11 is 7.51. The summed E-state index contributed by atoms with van der Waals surface area (Å²) in [4.78, 5) is 22.8. The van der Waals surface area contributed by atoms with Gasteiger partial charge in [-0.05, 0) is 31.4 Å². The van der Waals surface area contributed by atoms with Gasteiger partial charge in [-0.15, -0.1) is 5.10 Å². The molecular formula is C20H22ClN5O2S. The van der Waals surface area contributed by atoms with E-state index in [4.69, 9.17) is 26.4 Å². The molecule has 1 amide bonds. The van der Waals surface area contributed by atoms with Gasteiger partial charge in [-0.3, -0.25) is 4.79 Å². The van der Waals surface area contributed by atoms with Gasteiger partial charge in [0, 0.05) is 30.2 Å². The van der Waals surface area contributed by atoms with Crippen LogP contribution in [0.25, 0.3) is 16.2 Å². The summed E-state index contributed by atoms with van der Waals surface area (Å²) in [6, 6.07) is 7.49. The number of morpholine rings is 1. The lowest BCUT2D eigenvalue weighted by Gasteiger charge is -2.38. The lowest BCUT2D eigenvalue weighted by Crippen LogP contribution is -2.53. The normalized spacial score (nSPS) is 20.4. The molecule has 2 fully saturated rings. The first-order valence-corrected chi connectivity index (χ1v) is 11.1. The number of piperidine rings is 1. The van der Waals surface area contributed by atoms with Gasteiger partial charge in [0.25, 0.3) is 0 Å². The zero-order chi connectivity index (χ0) is 19.8. The molecule has 1 atom stereocenters. The van der Waals surface area contributed by atoms with E-state index in [2.05, 4.69) is 4.90 Å². The van der Waals surface area contributed by atoms with Gasteiger partial charge >= 0.3 is 0 Å². The number of carbonyl (C=O) groups excluding carboxylic acids is 1. The first-order valence-electron chi connectivity index (χ1n) is 9.94. The van der Waals surface area contributed by atoms with Crippen LogP contribution in [-0.4, -0.2) is 64.3 Å². The van der Waals surface area contributed by atoms with E-state index in [1.54, 1.807) is 0 Å². The summed E-state index contributed by atoms with van der Waals surface area (Å²) in [5.74, 6) is 0.197. The molecule has 2 saturated heterocycles. The van der Waals surface area contributed by atoms with Crippen molar-refractivity contribution in [1.82, 2.24) is 19.5 Å². The molecule has 152 valence electrons. The number of rotatable bonds is 3. The Kier molecular flexibility index (Phi) is 5.15. The standard InChI is InChI=1S/C20H22ClN5O2S/c21-15-6-4-14(5-7-15)16-13-26-19(22-16)29-20(23-26)25-8-2-1-3-17(25)18(27)24-9-11-28-12-10-24/h4-7,13,17H,1-3,8-12H2. The molecule has 0 N–H and O–H groups in total. The molecule has 0 bridgehead atoms. The number of hydrogen-bond donors (Lipinski definition) is 0. The average Bonchev–Trinajstić information content (AvgIpc) is 3.34. The molecule has 7 nitrogen and oxygen atoms in total. The minimum absolute atomic E-state index is 0.145. The van der Waals surface area contributed by atoms with Crippen molar-refractivity contribution in [3.63, 3.8) is 0 Å². The monoisotopic (exact) mass is 431 g/mol. The maximum Gasteiger partial charge on any atom is 0.245 e. The third-order valence-electron chi connectivity index (χ3n) is 5.53.